The van der Waals surface area contributed by atoms with Crippen molar-refractivity contribution >= 4 is 23.6 Å². The first-order valence-electron chi connectivity index (χ1n) is 8.86. The van der Waals surface area contributed by atoms with E-state index in [4.69, 9.17) is 4.52 Å². The molecule has 3 fully saturated rings. The van der Waals surface area contributed by atoms with Crippen LogP contribution in [0.4, 0.5) is 0 Å². The Morgan fingerprint density at radius 2 is 2.16 bits per heavy atom. The molecule has 3 aliphatic heterocycles. The summed E-state index contributed by atoms with van der Waals surface area (Å²) in [6.07, 6.45) is 1.42. The highest BCUT2D eigenvalue weighted by atomic mass is 32.2. The molecular formula is C17H24N4O3S. The molecule has 0 aromatic carbocycles. The van der Waals surface area contributed by atoms with Gasteiger partial charge in [0.1, 0.15) is 6.04 Å². The van der Waals surface area contributed by atoms with Crippen molar-refractivity contribution < 1.29 is 14.1 Å². The highest BCUT2D eigenvalue weighted by Gasteiger charge is 2.53. The SMILES string of the molecule is Cc1cc(CN2CCN(C(=O)C3CSC4(C)CCC(=O)N34)CC2)on1. The molecule has 2 unspecified atom stereocenters. The minimum Gasteiger partial charge on any atom is -0.360 e. The van der Waals surface area contributed by atoms with E-state index in [1.165, 1.54) is 0 Å². The lowest BCUT2D eigenvalue weighted by Gasteiger charge is -2.37. The second kappa shape index (κ2) is 6.32. The van der Waals surface area contributed by atoms with Gasteiger partial charge in [0.25, 0.3) is 0 Å². The van der Waals surface area contributed by atoms with Gasteiger partial charge in [-0.2, -0.15) is 0 Å². The van der Waals surface area contributed by atoms with E-state index in [9.17, 15) is 9.59 Å². The maximum Gasteiger partial charge on any atom is 0.246 e. The molecule has 0 saturated carbocycles. The smallest absolute Gasteiger partial charge is 0.246 e. The Bertz CT molecular complexity index is 685. The van der Waals surface area contributed by atoms with Crippen LogP contribution in [-0.4, -0.2) is 74.5 Å². The van der Waals surface area contributed by atoms with E-state index in [0.717, 1.165) is 43.3 Å². The molecule has 0 bridgehead atoms. The summed E-state index contributed by atoms with van der Waals surface area (Å²) in [7, 11) is 0. The third kappa shape index (κ3) is 3.06. The van der Waals surface area contributed by atoms with Crippen molar-refractivity contribution in [2.45, 2.75) is 44.1 Å². The third-order valence-corrected chi connectivity index (χ3v) is 6.98. The average Bonchev–Trinajstić information content (AvgIpc) is 3.24. The van der Waals surface area contributed by atoms with E-state index < -0.39 is 0 Å². The molecule has 8 heteroatoms. The largest absolute Gasteiger partial charge is 0.360 e. The molecule has 1 aromatic heterocycles. The zero-order valence-electron chi connectivity index (χ0n) is 14.7. The number of fused-ring (bicyclic) bond motifs is 1. The summed E-state index contributed by atoms with van der Waals surface area (Å²) in [5.41, 5.74) is 0.890. The van der Waals surface area contributed by atoms with Crippen molar-refractivity contribution in [3.63, 3.8) is 0 Å². The normalized spacial score (nSPS) is 30.2. The topological polar surface area (TPSA) is 69.9 Å². The molecule has 4 rings (SSSR count). The summed E-state index contributed by atoms with van der Waals surface area (Å²) in [5.74, 6) is 1.83. The predicted molar refractivity (Wildman–Crippen MR) is 93.8 cm³/mol. The van der Waals surface area contributed by atoms with E-state index in [-0.39, 0.29) is 22.7 Å². The summed E-state index contributed by atoms with van der Waals surface area (Å²) < 4.78 is 5.27. The summed E-state index contributed by atoms with van der Waals surface area (Å²) >= 11 is 1.75. The van der Waals surface area contributed by atoms with Crippen LogP contribution in [0.2, 0.25) is 0 Å². The number of piperazine rings is 1. The van der Waals surface area contributed by atoms with Crippen molar-refractivity contribution in [2.24, 2.45) is 0 Å². The standard InChI is InChI=1S/C17H24N4O3S/c1-12-9-13(24-18-12)10-19-5-7-20(8-6-19)16(23)14-11-25-17(2)4-3-15(22)21(14)17/h9,14H,3-8,10-11H2,1-2H3. The van der Waals surface area contributed by atoms with Crippen molar-refractivity contribution in [2.75, 3.05) is 31.9 Å². The van der Waals surface area contributed by atoms with E-state index >= 15 is 0 Å². The van der Waals surface area contributed by atoms with Crippen LogP contribution in [0.1, 0.15) is 31.2 Å². The van der Waals surface area contributed by atoms with Crippen LogP contribution in [-0.2, 0) is 16.1 Å². The average molecular weight is 364 g/mol. The van der Waals surface area contributed by atoms with E-state index in [2.05, 4.69) is 17.0 Å². The van der Waals surface area contributed by atoms with Crippen molar-refractivity contribution in [3.8, 4) is 0 Å². The molecule has 2 atom stereocenters. The Kier molecular flexibility index (Phi) is 4.27. The fourth-order valence-electron chi connectivity index (χ4n) is 4.05. The first-order chi connectivity index (χ1) is 12.0. The molecule has 25 heavy (non-hydrogen) atoms. The fraction of sp³-hybridized carbons (Fsp3) is 0.706. The van der Waals surface area contributed by atoms with Gasteiger partial charge in [-0.15, -0.1) is 11.8 Å². The zero-order chi connectivity index (χ0) is 17.6. The molecule has 0 aliphatic carbocycles. The van der Waals surface area contributed by atoms with Gasteiger partial charge in [-0.1, -0.05) is 5.16 Å². The molecule has 2 amide bonds. The number of hydrogen-bond donors (Lipinski definition) is 0. The molecule has 3 aliphatic rings. The van der Waals surface area contributed by atoms with Gasteiger partial charge in [0.15, 0.2) is 5.76 Å². The zero-order valence-corrected chi connectivity index (χ0v) is 15.5. The lowest BCUT2D eigenvalue weighted by atomic mass is 10.2. The molecule has 0 spiro atoms. The first-order valence-corrected chi connectivity index (χ1v) is 9.84. The summed E-state index contributed by atoms with van der Waals surface area (Å²) in [4.78, 5) is 31.1. The Morgan fingerprint density at radius 1 is 1.40 bits per heavy atom. The summed E-state index contributed by atoms with van der Waals surface area (Å²) in [5, 5.41) is 3.92. The number of thioether (sulfide) groups is 1. The van der Waals surface area contributed by atoms with Gasteiger partial charge in [0.2, 0.25) is 11.8 Å². The molecule has 7 nitrogen and oxygen atoms in total. The monoisotopic (exact) mass is 364 g/mol. The summed E-state index contributed by atoms with van der Waals surface area (Å²) in [6.45, 7) is 7.76. The molecule has 3 saturated heterocycles. The van der Waals surface area contributed by atoms with Gasteiger partial charge in [-0.3, -0.25) is 14.5 Å². The number of amides is 2. The molecule has 1 aromatic rings. The second-order valence-electron chi connectivity index (χ2n) is 7.30. The van der Waals surface area contributed by atoms with Crippen LogP contribution >= 0.6 is 11.8 Å². The van der Waals surface area contributed by atoms with E-state index in [0.29, 0.717) is 19.5 Å². The first kappa shape index (κ1) is 16.9. The Hall–Kier alpha value is -1.54. The van der Waals surface area contributed by atoms with Crippen LogP contribution in [0.15, 0.2) is 10.6 Å². The van der Waals surface area contributed by atoms with Crippen LogP contribution in [0.5, 0.6) is 0 Å². The fourth-order valence-corrected chi connectivity index (χ4v) is 5.47. The maximum atomic E-state index is 13.0. The van der Waals surface area contributed by atoms with Crippen LogP contribution in [0.3, 0.4) is 0 Å². The lowest BCUT2D eigenvalue weighted by molar-refractivity contribution is -0.145. The molecular weight excluding hydrogens is 340 g/mol. The number of nitrogens with zero attached hydrogens (tertiary/aromatic N) is 4. The molecule has 0 N–H and O–H groups in total. The highest BCUT2D eigenvalue weighted by molar-refractivity contribution is 8.01. The van der Waals surface area contributed by atoms with Crippen molar-refractivity contribution in [3.05, 3.63) is 17.5 Å². The number of aromatic nitrogens is 1. The highest BCUT2D eigenvalue weighted by Crippen LogP contribution is 2.47. The number of aryl methyl sites for hydroxylation is 1. The Morgan fingerprint density at radius 3 is 2.84 bits per heavy atom. The van der Waals surface area contributed by atoms with Gasteiger partial charge in [0.05, 0.1) is 17.1 Å². The Labute approximate surface area is 151 Å². The van der Waals surface area contributed by atoms with Gasteiger partial charge in [0, 0.05) is 44.4 Å². The number of rotatable bonds is 3. The van der Waals surface area contributed by atoms with Crippen LogP contribution in [0, 0.1) is 6.92 Å². The lowest BCUT2D eigenvalue weighted by Crippen LogP contribution is -2.56. The van der Waals surface area contributed by atoms with Crippen molar-refractivity contribution in [1.82, 2.24) is 19.9 Å². The minimum absolute atomic E-state index is 0.113. The molecule has 4 heterocycles. The minimum atomic E-state index is -0.284. The number of carbonyl (C=O) groups is 2. The third-order valence-electron chi connectivity index (χ3n) is 5.47. The summed E-state index contributed by atoms with van der Waals surface area (Å²) in [6, 6.07) is 1.67. The maximum absolute atomic E-state index is 13.0. The molecule has 136 valence electrons. The van der Waals surface area contributed by atoms with E-state index in [1.807, 2.05) is 22.8 Å². The molecule has 0 radical (unpaired) electrons. The van der Waals surface area contributed by atoms with Gasteiger partial charge in [-0.05, 0) is 20.3 Å². The quantitative estimate of drug-likeness (QED) is 0.799. The number of carbonyl (C=O) groups excluding carboxylic acids is 2. The van der Waals surface area contributed by atoms with Crippen molar-refractivity contribution in [1.29, 1.82) is 0 Å². The van der Waals surface area contributed by atoms with Crippen LogP contribution in [0.25, 0.3) is 0 Å². The van der Waals surface area contributed by atoms with Gasteiger partial charge >= 0.3 is 0 Å². The van der Waals surface area contributed by atoms with Gasteiger partial charge < -0.3 is 14.3 Å². The van der Waals surface area contributed by atoms with Gasteiger partial charge in [-0.25, -0.2) is 0 Å². The number of hydrogen-bond acceptors (Lipinski definition) is 6. The van der Waals surface area contributed by atoms with E-state index in [1.54, 1.807) is 11.8 Å². The predicted octanol–water partition coefficient (Wildman–Crippen LogP) is 1.08. The van der Waals surface area contributed by atoms with Crippen LogP contribution < -0.4 is 0 Å². The second-order valence-corrected chi connectivity index (χ2v) is 8.80. The Balaban J connectivity index is 1.35.